The minimum Gasteiger partial charge on any atom is -0.444 e. The predicted molar refractivity (Wildman–Crippen MR) is 110 cm³/mol. The highest BCUT2D eigenvalue weighted by Gasteiger charge is 2.27. The zero-order valence-electron chi connectivity index (χ0n) is 17.4. The van der Waals surface area contributed by atoms with Crippen molar-refractivity contribution in [2.24, 2.45) is 5.92 Å². The molecule has 2 rings (SSSR count). The second kappa shape index (κ2) is 10.2. The zero-order valence-corrected chi connectivity index (χ0v) is 17.4. The molecule has 160 valence electrons. The van der Waals surface area contributed by atoms with Crippen LogP contribution < -0.4 is 10.6 Å². The number of nitro benzene ring substituents is 1. The highest BCUT2D eigenvalue weighted by molar-refractivity contribution is 5.76. The van der Waals surface area contributed by atoms with E-state index in [2.05, 4.69) is 10.6 Å². The molecule has 8 nitrogen and oxygen atoms in total. The van der Waals surface area contributed by atoms with Crippen molar-refractivity contribution >= 4 is 17.7 Å². The number of carbonyl (C=O) groups excluding carboxylic acids is 2. The number of rotatable bonds is 8. The van der Waals surface area contributed by atoms with Crippen molar-refractivity contribution in [2.45, 2.75) is 70.9 Å². The van der Waals surface area contributed by atoms with Crippen LogP contribution in [0.3, 0.4) is 0 Å². The molecule has 29 heavy (non-hydrogen) atoms. The van der Waals surface area contributed by atoms with Gasteiger partial charge >= 0.3 is 6.09 Å². The van der Waals surface area contributed by atoms with Gasteiger partial charge in [-0.2, -0.15) is 0 Å². The van der Waals surface area contributed by atoms with Crippen molar-refractivity contribution in [2.75, 3.05) is 6.54 Å². The van der Waals surface area contributed by atoms with Gasteiger partial charge < -0.3 is 15.4 Å². The Bertz CT molecular complexity index is 723. The van der Waals surface area contributed by atoms with Crippen molar-refractivity contribution in [3.63, 3.8) is 0 Å². The molecule has 1 atom stereocenters. The van der Waals surface area contributed by atoms with Crippen molar-refractivity contribution in [1.82, 2.24) is 10.6 Å². The number of hydrogen-bond donors (Lipinski definition) is 2. The molecular formula is C21H31N3O5. The fraction of sp³-hybridized carbons (Fsp3) is 0.619. The second-order valence-corrected chi connectivity index (χ2v) is 8.53. The maximum Gasteiger partial charge on any atom is 0.407 e. The van der Waals surface area contributed by atoms with Crippen LogP contribution in [0.2, 0.25) is 0 Å². The van der Waals surface area contributed by atoms with Crippen molar-refractivity contribution in [3.05, 3.63) is 39.9 Å². The Morgan fingerprint density at radius 2 is 1.97 bits per heavy atom. The highest BCUT2D eigenvalue weighted by atomic mass is 16.6. The molecule has 1 aromatic carbocycles. The predicted octanol–water partition coefficient (Wildman–Crippen LogP) is 3.73. The van der Waals surface area contributed by atoms with Gasteiger partial charge in [0.15, 0.2) is 0 Å². The molecule has 0 unspecified atom stereocenters. The summed E-state index contributed by atoms with van der Waals surface area (Å²) in [6, 6.07) is 6.17. The SMILES string of the molecule is CC(C)(C)OC(=O)NC[C@@H](NC(=O)CCc1cccc([N+](=O)[O-])c1)C1CCCC1. The van der Waals surface area contributed by atoms with Gasteiger partial charge in [0.2, 0.25) is 5.91 Å². The second-order valence-electron chi connectivity index (χ2n) is 8.53. The monoisotopic (exact) mass is 405 g/mol. The van der Waals surface area contributed by atoms with Crippen molar-refractivity contribution in [3.8, 4) is 0 Å². The van der Waals surface area contributed by atoms with E-state index in [1.807, 2.05) is 0 Å². The summed E-state index contributed by atoms with van der Waals surface area (Å²) in [5.41, 5.74) is 0.195. The van der Waals surface area contributed by atoms with Gasteiger partial charge in [0.05, 0.1) is 4.92 Å². The van der Waals surface area contributed by atoms with Crippen LogP contribution >= 0.6 is 0 Å². The molecule has 0 saturated heterocycles. The zero-order chi connectivity index (χ0) is 21.4. The first-order valence-electron chi connectivity index (χ1n) is 10.1. The van der Waals surface area contributed by atoms with Gasteiger partial charge in [-0.1, -0.05) is 25.0 Å². The Morgan fingerprint density at radius 3 is 2.59 bits per heavy atom. The normalized spacial score (nSPS) is 15.6. The van der Waals surface area contributed by atoms with Gasteiger partial charge in [0.1, 0.15) is 5.60 Å². The largest absolute Gasteiger partial charge is 0.444 e. The molecule has 0 radical (unpaired) electrons. The third kappa shape index (κ3) is 8.09. The Hall–Kier alpha value is -2.64. The average Bonchev–Trinajstić information content (AvgIpc) is 3.17. The van der Waals surface area contributed by atoms with Crippen LogP contribution in [-0.4, -0.2) is 35.1 Å². The van der Waals surface area contributed by atoms with Crippen LogP contribution in [0.5, 0.6) is 0 Å². The van der Waals surface area contributed by atoms with Gasteiger partial charge in [0.25, 0.3) is 5.69 Å². The van der Waals surface area contributed by atoms with Gasteiger partial charge in [-0.05, 0) is 51.5 Å². The Morgan fingerprint density at radius 1 is 1.28 bits per heavy atom. The van der Waals surface area contributed by atoms with E-state index in [-0.39, 0.29) is 24.1 Å². The summed E-state index contributed by atoms with van der Waals surface area (Å²) in [6.45, 7) is 5.73. The number of nitro groups is 1. The van der Waals surface area contributed by atoms with Gasteiger partial charge in [-0.15, -0.1) is 0 Å². The van der Waals surface area contributed by atoms with Crippen LogP contribution in [-0.2, 0) is 16.0 Å². The molecule has 0 bridgehead atoms. The van der Waals surface area contributed by atoms with E-state index in [0.29, 0.717) is 18.9 Å². The van der Waals surface area contributed by atoms with Crippen LogP contribution in [0.15, 0.2) is 24.3 Å². The van der Waals surface area contributed by atoms with E-state index in [1.54, 1.807) is 32.9 Å². The third-order valence-electron chi connectivity index (χ3n) is 4.94. The lowest BCUT2D eigenvalue weighted by atomic mass is 9.97. The first kappa shape index (κ1) is 22.6. The number of benzene rings is 1. The van der Waals surface area contributed by atoms with E-state index in [0.717, 1.165) is 31.2 Å². The smallest absolute Gasteiger partial charge is 0.407 e. The number of carbonyl (C=O) groups is 2. The molecule has 2 N–H and O–H groups in total. The molecule has 0 heterocycles. The fourth-order valence-corrected chi connectivity index (χ4v) is 3.57. The summed E-state index contributed by atoms with van der Waals surface area (Å²) in [5, 5.41) is 16.7. The van der Waals surface area contributed by atoms with E-state index in [4.69, 9.17) is 4.74 Å². The molecule has 1 aliphatic carbocycles. The standard InChI is InChI=1S/C21H31N3O5/c1-21(2,3)29-20(26)22-14-18(16-8-4-5-9-16)23-19(25)12-11-15-7-6-10-17(13-15)24(27)28/h6-7,10,13,16,18H,4-5,8-9,11-12,14H2,1-3H3,(H,22,26)(H,23,25)/t18-/m1/s1. The molecular weight excluding hydrogens is 374 g/mol. The van der Waals surface area contributed by atoms with Crippen molar-refractivity contribution < 1.29 is 19.2 Å². The Balaban J connectivity index is 1.89. The van der Waals surface area contributed by atoms with Gasteiger partial charge in [0, 0.05) is 31.1 Å². The minimum absolute atomic E-state index is 0.0216. The summed E-state index contributed by atoms with van der Waals surface area (Å²) in [5.74, 6) is 0.200. The summed E-state index contributed by atoms with van der Waals surface area (Å²) >= 11 is 0. The number of ether oxygens (including phenoxy) is 1. The molecule has 0 aliphatic heterocycles. The average molecular weight is 405 g/mol. The third-order valence-corrected chi connectivity index (χ3v) is 4.94. The van der Waals surface area contributed by atoms with Crippen LogP contribution in [0.25, 0.3) is 0 Å². The lowest BCUT2D eigenvalue weighted by Crippen LogP contribution is -2.48. The molecule has 8 heteroatoms. The van der Waals surface area contributed by atoms with Gasteiger partial charge in [-0.25, -0.2) is 4.79 Å². The molecule has 1 aliphatic rings. The molecule has 1 aromatic rings. The summed E-state index contributed by atoms with van der Waals surface area (Å²) in [6.07, 6.45) is 4.44. The highest BCUT2D eigenvalue weighted by Crippen LogP contribution is 2.27. The van der Waals surface area contributed by atoms with Gasteiger partial charge in [-0.3, -0.25) is 14.9 Å². The summed E-state index contributed by atoms with van der Waals surface area (Å²) in [7, 11) is 0. The minimum atomic E-state index is -0.575. The van der Waals surface area contributed by atoms with Crippen LogP contribution in [0, 0.1) is 16.0 Å². The van der Waals surface area contributed by atoms with E-state index in [9.17, 15) is 19.7 Å². The van der Waals surface area contributed by atoms with Crippen molar-refractivity contribution in [1.29, 1.82) is 0 Å². The number of hydrogen-bond acceptors (Lipinski definition) is 5. The number of aryl methyl sites for hydroxylation is 1. The van der Waals surface area contributed by atoms with E-state index in [1.165, 1.54) is 12.1 Å². The number of non-ortho nitro benzene ring substituents is 1. The summed E-state index contributed by atoms with van der Waals surface area (Å²) in [4.78, 5) is 34.9. The topological polar surface area (TPSA) is 111 Å². The lowest BCUT2D eigenvalue weighted by Gasteiger charge is -2.26. The van der Waals surface area contributed by atoms with Crippen LogP contribution in [0.4, 0.5) is 10.5 Å². The Kier molecular flexibility index (Phi) is 7.99. The first-order chi connectivity index (χ1) is 13.6. The fourth-order valence-electron chi connectivity index (χ4n) is 3.57. The number of nitrogens with one attached hydrogen (secondary N) is 2. The number of nitrogens with zero attached hydrogens (tertiary/aromatic N) is 1. The van der Waals surface area contributed by atoms with E-state index < -0.39 is 16.6 Å². The maximum atomic E-state index is 12.5. The lowest BCUT2D eigenvalue weighted by molar-refractivity contribution is -0.384. The summed E-state index contributed by atoms with van der Waals surface area (Å²) < 4.78 is 5.27. The van der Waals surface area contributed by atoms with Crippen LogP contribution in [0.1, 0.15) is 58.4 Å². The number of alkyl carbamates (subject to hydrolysis) is 1. The molecule has 2 amide bonds. The molecule has 1 saturated carbocycles. The maximum absolute atomic E-state index is 12.5. The Labute approximate surface area is 171 Å². The molecule has 0 spiro atoms. The van der Waals surface area contributed by atoms with E-state index >= 15 is 0 Å². The number of amides is 2. The quantitative estimate of drug-likeness (QED) is 0.506. The molecule has 0 aromatic heterocycles. The molecule has 1 fully saturated rings. The first-order valence-corrected chi connectivity index (χ1v) is 10.1.